The van der Waals surface area contributed by atoms with Crippen molar-refractivity contribution < 1.29 is 4.79 Å². The van der Waals surface area contributed by atoms with Gasteiger partial charge in [-0.25, -0.2) is 0 Å². The Hall–Kier alpha value is -0.650. The van der Waals surface area contributed by atoms with Crippen molar-refractivity contribution in [1.29, 1.82) is 0 Å². The first-order chi connectivity index (χ1) is 10.2. The van der Waals surface area contributed by atoms with Crippen LogP contribution in [0.3, 0.4) is 0 Å². The standard InChI is InChI=1S/C16H28N4O/c17-15(21)16(18-12-3-4-12)6-5-13(10-16)20-9-8-19-7-1-2-14(19)11-20/h12-14,18H,1-11H2,(H2,17,21). The summed E-state index contributed by atoms with van der Waals surface area (Å²) in [5, 5.41) is 3.57. The molecule has 2 saturated heterocycles. The smallest absolute Gasteiger partial charge is 0.237 e. The second-order valence-electron chi connectivity index (χ2n) is 7.59. The highest BCUT2D eigenvalue weighted by molar-refractivity contribution is 5.85. The number of fused-ring (bicyclic) bond motifs is 1. The largest absolute Gasteiger partial charge is 0.368 e. The van der Waals surface area contributed by atoms with Gasteiger partial charge >= 0.3 is 0 Å². The first kappa shape index (κ1) is 14.0. The number of rotatable bonds is 4. The molecule has 0 bridgehead atoms. The SMILES string of the molecule is NC(=O)C1(NC2CC2)CCC(N2CCN3CCCC3C2)C1. The molecule has 0 aromatic heterocycles. The van der Waals surface area contributed by atoms with Gasteiger partial charge in [0.2, 0.25) is 5.91 Å². The highest BCUT2D eigenvalue weighted by Gasteiger charge is 2.48. The fraction of sp³-hybridized carbons (Fsp3) is 0.938. The Morgan fingerprint density at radius 2 is 1.86 bits per heavy atom. The Bertz CT molecular complexity index is 425. The maximum Gasteiger partial charge on any atom is 0.237 e. The first-order valence-electron chi connectivity index (χ1n) is 8.72. The Labute approximate surface area is 127 Å². The van der Waals surface area contributed by atoms with Crippen molar-refractivity contribution in [1.82, 2.24) is 15.1 Å². The normalized spacial score (nSPS) is 41.3. The second kappa shape index (κ2) is 5.21. The minimum atomic E-state index is -0.418. The van der Waals surface area contributed by atoms with Gasteiger partial charge < -0.3 is 11.1 Å². The number of amides is 1. The maximum atomic E-state index is 12.0. The number of hydrogen-bond donors (Lipinski definition) is 2. The summed E-state index contributed by atoms with van der Waals surface area (Å²) < 4.78 is 0. The van der Waals surface area contributed by atoms with Gasteiger partial charge in [0.25, 0.3) is 0 Å². The van der Waals surface area contributed by atoms with Gasteiger partial charge in [0.15, 0.2) is 0 Å². The Morgan fingerprint density at radius 1 is 1.05 bits per heavy atom. The molecule has 0 spiro atoms. The van der Waals surface area contributed by atoms with Gasteiger partial charge in [0.05, 0.1) is 5.54 Å². The summed E-state index contributed by atoms with van der Waals surface area (Å²) in [4.78, 5) is 17.3. The molecule has 3 N–H and O–H groups in total. The molecule has 1 amide bonds. The summed E-state index contributed by atoms with van der Waals surface area (Å²) in [5.41, 5.74) is 5.34. The van der Waals surface area contributed by atoms with Crippen LogP contribution in [0.15, 0.2) is 0 Å². The van der Waals surface area contributed by atoms with Crippen molar-refractivity contribution in [2.45, 2.75) is 68.6 Å². The Morgan fingerprint density at radius 3 is 2.62 bits per heavy atom. The number of nitrogens with zero attached hydrogens (tertiary/aromatic N) is 2. The fourth-order valence-corrected chi connectivity index (χ4v) is 4.72. The number of nitrogens with one attached hydrogen (secondary N) is 1. The molecule has 0 aromatic rings. The summed E-state index contributed by atoms with van der Waals surface area (Å²) in [7, 11) is 0. The summed E-state index contributed by atoms with van der Waals surface area (Å²) in [6.07, 6.45) is 8.10. The van der Waals surface area contributed by atoms with E-state index >= 15 is 0 Å². The second-order valence-corrected chi connectivity index (χ2v) is 7.59. The quantitative estimate of drug-likeness (QED) is 0.782. The predicted molar refractivity (Wildman–Crippen MR) is 81.9 cm³/mol. The number of hydrogen-bond acceptors (Lipinski definition) is 4. The molecule has 0 radical (unpaired) electrons. The van der Waals surface area contributed by atoms with Crippen LogP contribution in [0.5, 0.6) is 0 Å². The van der Waals surface area contributed by atoms with Crippen LogP contribution in [-0.4, -0.2) is 65.6 Å². The van der Waals surface area contributed by atoms with Gasteiger partial charge in [-0.3, -0.25) is 14.6 Å². The average molecular weight is 292 g/mol. The lowest BCUT2D eigenvalue weighted by Gasteiger charge is -2.41. The third-order valence-electron chi connectivity index (χ3n) is 6.15. The lowest BCUT2D eigenvalue weighted by Crippen LogP contribution is -2.57. The molecule has 2 heterocycles. The van der Waals surface area contributed by atoms with Gasteiger partial charge in [0, 0.05) is 37.8 Å². The number of carbonyl (C=O) groups excluding carboxylic acids is 1. The number of carbonyl (C=O) groups is 1. The molecular formula is C16H28N4O. The molecular weight excluding hydrogens is 264 g/mol. The molecule has 118 valence electrons. The molecule has 2 aliphatic carbocycles. The fourth-order valence-electron chi connectivity index (χ4n) is 4.72. The zero-order valence-corrected chi connectivity index (χ0v) is 12.9. The van der Waals surface area contributed by atoms with Crippen LogP contribution in [0.1, 0.15) is 44.9 Å². The van der Waals surface area contributed by atoms with Gasteiger partial charge in [-0.15, -0.1) is 0 Å². The van der Waals surface area contributed by atoms with Crippen molar-refractivity contribution in [3.63, 3.8) is 0 Å². The lowest BCUT2D eigenvalue weighted by atomic mass is 9.95. The van der Waals surface area contributed by atoms with E-state index in [1.807, 2.05) is 0 Å². The van der Waals surface area contributed by atoms with Crippen LogP contribution < -0.4 is 11.1 Å². The summed E-state index contributed by atoms with van der Waals surface area (Å²) in [6.45, 7) is 4.86. The molecule has 0 aromatic carbocycles. The molecule has 5 heteroatoms. The highest BCUT2D eigenvalue weighted by atomic mass is 16.1. The minimum absolute atomic E-state index is 0.128. The zero-order valence-electron chi connectivity index (χ0n) is 12.9. The Balaban J connectivity index is 1.41. The van der Waals surface area contributed by atoms with E-state index in [1.54, 1.807) is 0 Å². The first-order valence-corrected chi connectivity index (χ1v) is 8.72. The molecule has 21 heavy (non-hydrogen) atoms. The van der Waals surface area contributed by atoms with Gasteiger partial charge in [0.1, 0.15) is 0 Å². The van der Waals surface area contributed by atoms with Crippen LogP contribution in [0.4, 0.5) is 0 Å². The predicted octanol–water partition coefficient (Wildman–Crippen LogP) is 0.295. The molecule has 2 saturated carbocycles. The van der Waals surface area contributed by atoms with E-state index in [2.05, 4.69) is 15.1 Å². The Kier molecular flexibility index (Phi) is 3.47. The van der Waals surface area contributed by atoms with Gasteiger partial charge in [-0.2, -0.15) is 0 Å². The molecule has 3 atom stereocenters. The summed E-state index contributed by atoms with van der Waals surface area (Å²) in [6, 6.07) is 1.85. The van der Waals surface area contributed by atoms with Crippen LogP contribution >= 0.6 is 0 Å². The van der Waals surface area contributed by atoms with E-state index in [-0.39, 0.29) is 5.91 Å². The van der Waals surface area contributed by atoms with Crippen molar-refractivity contribution in [2.24, 2.45) is 5.73 Å². The number of primary amides is 1. The molecule has 3 unspecified atom stereocenters. The van der Waals surface area contributed by atoms with E-state index in [4.69, 9.17) is 5.73 Å². The zero-order chi connectivity index (χ0) is 14.4. The summed E-state index contributed by atoms with van der Waals surface area (Å²) in [5.74, 6) is -0.128. The van der Waals surface area contributed by atoms with E-state index in [0.29, 0.717) is 12.1 Å². The van der Waals surface area contributed by atoms with Crippen LogP contribution in [0.25, 0.3) is 0 Å². The van der Waals surface area contributed by atoms with Gasteiger partial charge in [-0.05, 0) is 51.5 Å². The van der Waals surface area contributed by atoms with Crippen molar-refractivity contribution in [2.75, 3.05) is 26.2 Å². The molecule has 4 rings (SSSR count). The average Bonchev–Trinajstić information content (AvgIpc) is 3.00. The van der Waals surface area contributed by atoms with Crippen molar-refractivity contribution in [3.05, 3.63) is 0 Å². The topological polar surface area (TPSA) is 61.6 Å². The maximum absolute atomic E-state index is 12.0. The van der Waals surface area contributed by atoms with Crippen LogP contribution in [0, 0.1) is 0 Å². The van der Waals surface area contributed by atoms with E-state index in [0.717, 1.165) is 25.3 Å². The van der Waals surface area contributed by atoms with Crippen LogP contribution in [0.2, 0.25) is 0 Å². The van der Waals surface area contributed by atoms with E-state index in [1.165, 1.54) is 51.9 Å². The number of piperazine rings is 1. The monoisotopic (exact) mass is 292 g/mol. The highest BCUT2D eigenvalue weighted by Crippen LogP contribution is 2.37. The molecule has 2 aliphatic heterocycles. The van der Waals surface area contributed by atoms with Crippen LogP contribution in [-0.2, 0) is 4.79 Å². The van der Waals surface area contributed by atoms with Crippen molar-refractivity contribution in [3.8, 4) is 0 Å². The van der Waals surface area contributed by atoms with Crippen molar-refractivity contribution >= 4 is 5.91 Å². The van der Waals surface area contributed by atoms with E-state index < -0.39 is 5.54 Å². The van der Waals surface area contributed by atoms with E-state index in [9.17, 15) is 4.79 Å². The molecule has 4 fully saturated rings. The molecule has 4 aliphatic rings. The minimum Gasteiger partial charge on any atom is -0.368 e. The van der Waals surface area contributed by atoms with Gasteiger partial charge in [-0.1, -0.05) is 0 Å². The third-order valence-corrected chi connectivity index (χ3v) is 6.15. The third kappa shape index (κ3) is 2.60. The summed E-state index contributed by atoms with van der Waals surface area (Å²) >= 11 is 0. The molecule has 5 nitrogen and oxygen atoms in total. The lowest BCUT2D eigenvalue weighted by molar-refractivity contribution is -0.124. The number of nitrogens with two attached hydrogens (primary N) is 1.